The number of para-hydroxylation sites is 1. The lowest BCUT2D eigenvalue weighted by Gasteiger charge is -2.40. The highest BCUT2D eigenvalue weighted by Crippen LogP contribution is 2.25. The number of imidazole rings is 1. The van der Waals surface area contributed by atoms with Gasteiger partial charge in [-0.25, -0.2) is 9.37 Å². The smallest absolute Gasteiger partial charge is 0.290 e. The molecule has 0 saturated carbocycles. The number of unbranched alkanes of at least 4 members (excludes halogenated alkanes) is 1. The van der Waals surface area contributed by atoms with Crippen LogP contribution in [-0.2, 0) is 20.8 Å². The minimum absolute atomic E-state index is 0.116. The fourth-order valence-electron chi connectivity index (χ4n) is 5.33. The number of hydrogen-bond acceptors (Lipinski definition) is 6. The van der Waals surface area contributed by atoms with E-state index in [0.717, 1.165) is 12.8 Å². The molecule has 1 aromatic carbocycles. The predicted octanol–water partition coefficient (Wildman–Crippen LogP) is 2.54. The molecule has 204 valence electrons. The van der Waals surface area contributed by atoms with Crippen molar-refractivity contribution in [3.8, 4) is 0 Å². The van der Waals surface area contributed by atoms with Crippen molar-refractivity contribution in [3.05, 3.63) is 29.8 Å². The minimum Gasteiger partial charge on any atom is -0.385 e. The standard InChI is InChI=1S/C27H40FN5O4/c1-19(2)18-33(21-15-20(16-29-17-21)26(34)31-10-13-37-14-11-31)27(35)25-30-24-22(28)7-6-8-23(24)32(25)9-4-5-12-36-3/h6-8,19-21,29H,4-5,9-18H2,1-3H3/t20-,21+/m1/s1. The predicted molar refractivity (Wildman–Crippen MR) is 139 cm³/mol. The molecule has 0 spiro atoms. The summed E-state index contributed by atoms with van der Waals surface area (Å²) in [6.45, 7) is 9.36. The zero-order valence-electron chi connectivity index (χ0n) is 22.2. The highest BCUT2D eigenvalue weighted by Gasteiger charge is 2.37. The topological polar surface area (TPSA) is 88.9 Å². The van der Waals surface area contributed by atoms with Crippen molar-refractivity contribution in [3.63, 3.8) is 0 Å². The fraction of sp³-hybridized carbons (Fsp3) is 0.667. The summed E-state index contributed by atoms with van der Waals surface area (Å²) < 4.78 is 27.1. The van der Waals surface area contributed by atoms with E-state index >= 15 is 0 Å². The van der Waals surface area contributed by atoms with Gasteiger partial charge >= 0.3 is 0 Å². The Morgan fingerprint density at radius 3 is 2.76 bits per heavy atom. The van der Waals surface area contributed by atoms with Crippen LogP contribution in [0.2, 0.25) is 0 Å². The molecule has 0 aliphatic carbocycles. The van der Waals surface area contributed by atoms with Crippen LogP contribution in [0, 0.1) is 17.7 Å². The van der Waals surface area contributed by atoms with Crippen LogP contribution in [0.4, 0.5) is 4.39 Å². The summed E-state index contributed by atoms with van der Waals surface area (Å²) in [7, 11) is 1.66. The van der Waals surface area contributed by atoms with Crippen molar-refractivity contribution < 1.29 is 23.5 Å². The fourth-order valence-corrected chi connectivity index (χ4v) is 5.33. The maximum absolute atomic E-state index is 14.7. The van der Waals surface area contributed by atoms with Crippen LogP contribution in [0.5, 0.6) is 0 Å². The number of aryl methyl sites for hydroxylation is 1. The van der Waals surface area contributed by atoms with Crippen molar-refractivity contribution in [2.45, 2.75) is 45.7 Å². The van der Waals surface area contributed by atoms with Gasteiger partial charge in [0.25, 0.3) is 5.91 Å². The van der Waals surface area contributed by atoms with E-state index in [2.05, 4.69) is 24.1 Å². The molecule has 9 nitrogen and oxygen atoms in total. The van der Waals surface area contributed by atoms with Crippen molar-refractivity contribution in [1.82, 2.24) is 24.7 Å². The van der Waals surface area contributed by atoms with Gasteiger partial charge in [-0.15, -0.1) is 0 Å². The maximum Gasteiger partial charge on any atom is 0.290 e. The first-order chi connectivity index (χ1) is 17.9. The number of nitrogens with zero attached hydrogens (tertiary/aromatic N) is 4. The number of nitrogens with one attached hydrogen (secondary N) is 1. The summed E-state index contributed by atoms with van der Waals surface area (Å²) in [5.41, 5.74) is 0.830. The van der Waals surface area contributed by atoms with E-state index in [0.29, 0.717) is 71.0 Å². The van der Waals surface area contributed by atoms with Crippen molar-refractivity contribution >= 4 is 22.8 Å². The lowest BCUT2D eigenvalue weighted by molar-refractivity contribution is -0.140. The number of aromatic nitrogens is 2. The second kappa shape index (κ2) is 12.8. The third-order valence-corrected chi connectivity index (χ3v) is 7.16. The van der Waals surface area contributed by atoms with Gasteiger partial charge in [0, 0.05) is 59.0 Å². The third kappa shape index (κ3) is 6.48. The van der Waals surface area contributed by atoms with Crippen molar-refractivity contribution in [2.24, 2.45) is 11.8 Å². The molecule has 2 aliphatic heterocycles. The molecule has 3 heterocycles. The molecule has 2 aromatic rings. The van der Waals surface area contributed by atoms with E-state index in [-0.39, 0.29) is 41.0 Å². The van der Waals surface area contributed by atoms with Gasteiger partial charge in [-0.2, -0.15) is 0 Å². The van der Waals surface area contributed by atoms with E-state index in [1.807, 2.05) is 20.4 Å². The van der Waals surface area contributed by atoms with Crippen LogP contribution in [0.3, 0.4) is 0 Å². The number of amides is 2. The first-order valence-corrected chi connectivity index (χ1v) is 13.4. The number of fused-ring (bicyclic) bond motifs is 1. The molecule has 1 aromatic heterocycles. The molecular formula is C27H40FN5O4. The number of rotatable bonds is 10. The molecule has 4 rings (SSSR count). The van der Waals surface area contributed by atoms with Gasteiger partial charge < -0.3 is 29.2 Å². The lowest BCUT2D eigenvalue weighted by atomic mass is 9.92. The largest absolute Gasteiger partial charge is 0.385 e. The summed E-state index contributed by atoms with van der Waals surface area (Å²) in [5.74, 6) is -0.278. The lowest BCUT2D eigenvalue weighted by Crippen LogP contribution is -2.56. The number of ether oxygens (including phenoxy) is 2. The zero-order chi connectivity index (χ0) is 26.4. The molecule has 2 aliphatic rings. The number of carbonyl (C=O) groups excluding carboxylic acids is 2. The molecule has 2 amide bonds. The minimum atomic E-state index is -0.437. The van der Waals surface area contributed by atoms with E-state index in [1.165, 1.54) is 6.07 Å². The molecule has 2 atom stereocenters. The molecule has 2 saturated heterocycles. The van der Waals surface area contributed by atoms with Gasteiger partial charge in [-0.3, -0.25) is 9.59 Å². The van der Waals surface area contributed by atoms with Gasteiger partial charge in [-0.05, 0) is 37.3 Å². The average Bonchev–Trinajstić information content (AvgIpc) is 3.29. The molecule has 37 heavy (non-hydrogen) atoms. The Balaban J connectivity index is 1.60. The monoisotopic (exact) mass is 517 g/mol. The maximum atomic E-state index is 14.7. The van der Waals surface area contributed by atoms with Crippen molar-refractivity contribution in [1.29, 1.82) is 0 Å². The van der Waals surface area contributed by atoms with Gasteiger partial charge in [0.1, 0.15) is 5.52 Å². The Morgan fingerprint density at radius 2 is 2.03 bits per heavy atom. The Bertz CT molecular complexity index is 1070. The van der Waals surface area contributed by atoms with Crippen LogP contribution in [0.1, 0.15) is 43.7 Å². The van der Waals surface area contributed by atoms with Gasteiger partial charge in [0.15, 0.2) is 11.6 Å². The first-order valence-electron chi connectivity index (χ1n) is 13.4. The number of halogens is 1. The Kier molecular flexibility index (Phi) is 9.50. The summed E-state index contributed by atoms with van der Waals surface area (Å²) >= 11 is 0. The number of piperidine rings is 1. The molecule has 10 heteroatoms. The molecule has 0 radical (unpaired) electrons. The molecule has 1 N–H and O–H groups in total. The molecule has 2 fully saturated rings. The summed E-state index contributed by atoms with van der Waals surface area (Å²) in [5, 5.41) is 3.39. The van der Waals surface area contributed by atoms with Gasteiger partial charge in [0.2, 0.25) is 5.91 Å². The second-order valence-corrected chi connectivity index (χ2v) is 10.4. The van der Waals surface area contributed by atoms with Crippen molar-refractivity contribution in [2.75, 3.05) is 59.7 Å². The van der Waals surface area contributed by atoms with Crippen LogP contribution < -0.4 is 5.32 Å². The zero-order valence-corrected chi connectivity index (χ0v) is 22.2. The number of morpholine rings is 1. The van der Waals surface area contributed by atoms with E-state index in [1.54, 1.807) is 13.2 Å². The molecule has 0 unspecified atom stereocenters. The average molecular weight is 518 g/mol. The second-order valence-electron chi connectivity index (χ2n) is 10.4. The number of carbonyl (C=O) groups is 2. The van der Waals surface area contributed by atoms with Gasteiger partial charge in [-0.1, -0.05) is 19.9 Å². The van der Waals surface area contributed by atoms with E-state index in [4.69, 9.17) is 9.47 Å². The summed E-state index contributed by atoms with van der Waals surface area (Å²) in [4.78, 5) is 35.6. The third-order valence-electron chi connectivity index (χ3n) is 7.16. The summed E-state index contributed by atoms with van der Waals surface area (Å²) in [6.07, 6.45) is 2.19. The van der Waals surface area contributed by atoms with Crippen LogP contribution in [0.25, 0.3) is 11.0 Å². The molecule has 0 bridgehead atoms. The van der Waals surface area contributed by atoms with Crippen LogP contribution >= 0.6 is 0 Å². The Hall–Kier alpha value is -2.56. The van der Waals surface area contributed by atoms with E-state index < -0.39 is 5.82 Å². The normalized spacial score (nSPS) is 20.5. The quantitative estimate of drug-likeness (QED) is 0.488. The summed E-state index contributed by atoms with van der Waals surface area (Å²) in [6, 6.07) is 4.67. The number of hydrogen-bond donors (Lipinski definition) is 1. The highest BCUT2D eigenvalue weighted by atomic mass is 19.1. The van der Waals surface area contributed by atoms with Gasteiger partial charge in [0.05, 0.1) is 24.6 Å². The SMILES string of the molecule is COCCCCn1c(C(=O)N(CC(C)C)[C@@H]2CNC[C@H](C(=O)N3CCOCC3)C2)nc2c(F)cccc21. The highest BCUT2D eigenvalue weighted by molar-refractivity contribution is 5.95. The van der Waals surface area contributed by atoms with Crippen LogP contribution in [-0.4, -0.2) is 96.9 Å². The Labute approximate surface area is 218 Å². The Morgan fingerprint density at radius 1 is 1.24 bits per heavy atom. The van der Waals surface area contributed by atoms with Crippen LogP contribution in [0.15, 0.2) is 18.2 Å². The number of methoxy groups -OCH3 is 1. The first kappa shape index (κ1) is 27.5. The van der Waals surface area contributed by atoms with E-state index in [9.17, 15) is 14.0 Å². The molecular weight excluding hydrogens is 477 g/mol. The number of benzene rings is 1.